The average molecular weight is 478 g/mol. The van der Waals surface area contributed by atoms with E-state index in [4.69, 9.17) is 14.6 Å². The Morgan fingerprint density at radius 2 is 1.79 bits per heavy atom. The van der Waals surface area contributed by atoms with Gasteiger partial charge in [0.1, 0.15) is 30.1 Å². The number of aliphatic carboxylic acids is 1. The Morgan fingerprint density at radius 1 is 1.12 bits per heavy atom. The summed E-state index contributed by atoms with van der Waals surface area (Å²) in [5, 5.41) is 14.7. The van der Waals surface area contributed by atoms with Crippen molar-refractivity contribution < 1.29 is 28.6 Å². The summed E-state index contributed by atoms with van der Waals surface area (Å²) in [6.45, 7) is 2.42. The molecule has 11 nitrogen and oxygen atoms in total. The van der Waals surface area contributed by atoms with Gasteiger partial charge in [-0.2, -0.15) is 0 Å². The van der Waals surface area contributed by atoms with Crippen LogP contribution >= 0.6 is 0 Å². The van der Waals surface area contributed by atoms with Crippen molar-refractivity contribution in [3.8, 4) is 5.75 Å². The maximum Gasteiger partial charge on any atom is 0.332 e. The topological polar surface area (TPSA) is 141 Å². The average Bonchev–Trinajstić information content (AvgIpc) is 2.81. The van der Waals surface area contributed by atoms with Gasteiger partial charge in [-0.1, -0.05) is 0 Å². The fourth-order valence-electron chi connectivity index (χ4n) is 2.99. The molecule has 0 saturated heterocycles. The molecule has 0 radical (unpaired) electrons. The van der Waals surface area contributed by atoms with E-state index in [9.17, 15) is 23.6 Å². The Bertz CT molecular complexity index is 1120. The van der Waals surface area contributed by atoms with Gasteiger partial charge in [-0.15, -0.1) is 0 Å². The van der Waals surface area contributed by atoms with Gasteiger partial charge in [0.15, 0.2) is 0 Å². The molecule has 34 heavy (non-hydrogen) atoms. The largest absolute Gasteiger partial charge is 0.490 e. The molecular formula is C22H27FN4O7. The van der Waals surface area contributed by atoms with E-state index in [-0.39, 0.29) is 13.2 Å². The maximum atomic E-state index is 13.0. The molecule has 0 saturated carbocycles. The second-order valence-corrected chi connectivity index (χ2v) is 7.31. The number of aromatic nitrogens is 2. The summed E-state index contributed by atoms with van der Waals surface area (Å²) in [5.74, 6) is -1.81. The van der Waals surface area contributed by atoms with Crippen LogP contribution in [0, 0.1) is 12.7 Å². The van der Waals surface area contributed by atoms with Crippen molar-refractivity contribution in [2.45, 2.75) is 13.0 Å². The van der Waals surface area contributed by atoms with Crippen molar-refractivity contribution in [2.24, 2.45) is 14.1 Å². The van der Waals surface area contributed by atoms with Crippen LogP contribution in [0.15, 0.2) is 46.0 Å². The van der Waals surface area contributed by atoms with Gasteiger partial charge < -0.3 is 25.2 Å². The van der Waals surface area contributed by atoms with Gasteiger partial charge in [0.05, 0.1) is 5.56 Å². The molecule has 1 unspecified atom stereocenters. The van der Waals surface area contributed by atoms with Gasteiger partial charge >= 0.3 is 17.6 Å². The van der Waals surface area contributed by atoms with Crippen LogP contribution in [0.2, 0.25) is 0 Å². The highest BCUT2D eigenvalue weighted by Gasteiger charge is 2.15. The Labute approximate surface area is 194 Å². The Morgan fingerprint density at radius 3 is 2.44 bits per heavy atom. The van der Waals surface area contributed by atoms with Gasteiger partial charge in [0.25, 0.3) is 5.56 Å². The zero-order valence-electron chi connectivity index (χ0n) is 19.0. The number of esters is 1. The van der Waals surface area contributed by atoms with Crippen LogP contribution in [0.5, 0.6) is 5.75 Å². The number of carbonyl (C=O) groups is 2. The molecule has 1 heterocycles. The van der Waals surface area contributed by atoms with E-state index in [0.717, 1.165) is 10.6 Å². The van der Waals surface area contributed by atoms with Crippen molar-refractivity contribution in [2.75, 3.05) is 31.6 Å². The summed E-state index contributed by atoms with van der Waals surface area (Å²) in [4.78, 5) is 46.7. The van der Waals surface area contributed by atoms with Crippen LogP contribution in [0.4, 0.5) is 10.2 Å². The molecular weight excluding hydrogens is 451 g/mol. The first-order valence-electron chi connectivity index (χ1n) is 10.3. The molecule has 0 spiro atoms. The third-order valence-corrected chi connectivity index (χ3v) is 4.75. The van der Waals surface area contributed by atoms with Crippen LogP contribution < -0.4 is 26.6 Å². The normalized spacial score (nSPS) is 11.9. The van der Waals surface area contributed by atoms with Crippen molar-refractivity contribution in [3.05, 3.63) is 68.6 Å². The molecule has 1 aromatic carbocycles. The summed E-state index contributed by atoms with van der Waals surface area (Å²) in [7, 11) is 2.96. The van der Waals surface area contributed by atoms with Crippen molar-refractivity contribution in [3.63, 3.8) is 0 Å². The number of carbonyl (C=O) groups excluding carboxylic acids is 1. The smallest absolute Gasteiger partial charge is 0.332 e. The van der Waals surface area contributed by atoms with E-state index >= 15 is 0 Å². The van der Waals surface area contributed by atoms with E-state index in [2.05, 4.69) is 10.6 Å². The standard InChI is InChI=1S/C22H27FN4O7/c1-14-20(26(2)22(32)27(3)21(14)31)25-11-10-24-12-17(34-19(30)9-8-18(28)29)13-33-16-6-4-15(23)5-7-16/h4-9,17,24-25H,10-13H2,1-3H3,(H,28,29)/b9-8+. The maximum absolute atomic E-state index is 13.0. The van der Waals surface area contributed by atoms with Crippen molar-refractivity contribution in [1.29, 1.82) is 0 Å². The number of nitrogens with zero attached hydrogens (tertiary/aromatic N) is 2. The number of anilines is 1. The number of benzene rings is 1. The van der Waals surface area contributed by atoms with E-state index in [1.54, 1.807) is 14.0 Å². The van der Waals surface area contributed by atoms with Crippen molar-refractivity contribution >= 4 is 17.8 Å². The lowest BCUT2D eigenvalue weighted by atomic mass is 10.3. The number of hydrogen-bond donors (Lipinski definition) is 3. The summed E-state index contributed by atoms with van der Waals surface area (Å²) in [5.41, 5.74) is -0.447. The summed E-state index contributed by atoms with van der Waals surface area (Å²) in [6, 6.07) is 5.30. The number of hydrogen-bond acceptors (Lipinski definition) is 8. The van der Waals surface area contributed by atoms with Gasteiger partial charge in [0, 0.05) is 45.9 Å². The fraction of sp³-hybridized carbons (Fsp3) is 0.364. The zero-order valence-corrected chi connectivity index (χ0v) is 19.0. The molecule has 0 aliphatic carbocycles. The number of carboxylic acid groups (broad SMARTS) is 1. The second-order valence-electron chi connectivity index (χ2n) is 7.31. The van der Waals surface area contributed by atoms with Crippen LogP contribution in [-0.2, 0) is 28.4 Å². The van der Waals surface area contributed by atoms with Gasteiger partial charge in [-0.05, 0) is 31.2 Å². The number of rotatable bonds is 12. The molecule has 184 valence electrons. The monoisotopic (exact) mass is 478 g/mol. The first-order chi connectivity index (χ1) is 16.1. The summed E-state index contributed by atoms with van der Waals surface area (Å²) >= 11 is 0. The van der Waals surface area contributed by atoms with Crippen LogP contribution in [0.1, 0.15) is 5.56 Å². The Kier molecular flexibility index (Phi) is 9.56. The minimum Gasteiger partial charge on any atom is -0.490 e. The molecule has 12 heteroatoms. The zero-order chi connectivity index (χ0) is 25.3. The Balaban J connectivity index is 1.94. The molecule has 3 N–H and O–H groups in total. The van der Waals surface area contributed by atoms with Crippen molar-refractivity contribution in [1.82, 2.24) is 14.5 Å². The Hall–Kier alpha value is -3.93. The molecule has 0 bridgehead atoms. The minimum absolute atomic E-state index is 0.0684. The van der Waals surface area contributed by atoms with Gasteiger partial charge in [0.2, 0.25) is 0 Å². The first-order valence-corrected chi connectivity index (χ1v) is 10.3. The number of ether oxygens (including phenoxy) is 2. The van der Waals surface area contributed by atoms with Gasteiger partial charge in [-0.25, -0.2) is 18.8 Å². The summed E-state index contributed by atoms with van der Waals surface area (Å²) in [6.07, 6.45) is 0.661. The van der Waals surface area contributed by atoms with E-state index < -0.39 is 35.1 Å². The lowest BCUT2D eigenvalue weighted by Crippen LogP contribution is -2.40. The molecule has 1 atom stereocenters. The molecule has 0 aliphatic heterocycles. The highest BCUT2D eigenvalue weighted by atomic mass is 19.1. The molecule has 1 aromatic heterocycles. The summed E-state index contributed by atoms with van der Waals surface area (Å²) < 4.78 is 26.2. The third-order valence-electron chi connectivity index (χ3n) is 4.75. The van der Waals surface area contributed by atoms with E-state index in [0.29, 0.717) is 36.3 Å². The first kappa shape index (κ1) is 26.3. The van der Waals surface area contributed by atoms with E-state index in [1.807, 2.05) is 0 Å². The number of carboxylic acids is 1. The minimum atomic E-state index is -1.29. The predicted molar refractivity (Wildman–Crippen MR) is 122 cm³/mol. The SMILES string of the molecule is Cc1c(NCCNCC(COc2ccc(F)cc2)OC(=O)/C=C/C(=O)O)n(C)c(=O)n(C)c1=O. The fourth-order valence-corrected chi connectivity index (χ4v) is 2.99. The highest BCUT2D eigenvalue weighted by Crippen LogP contribution is 2.12. The third kappa shape index (κ3) is 7.59. The molecule has 2 aromatic rings. The van der Waals surface area contributed by atoms with E-state index in [1.165, 1.54) is 35.9 Å². The molecule has 0 amide bonds. The quantitative estimate of drug-likeness (QED) is 0.221. The molecule has 0 aliphatic rings. The lowest BCUT2D eigenvalue weighted by molar-refractivity contribution is -0.144. The molecule has 0 fully saturated rings. The second kappa shape index (κ2) is 12.3. The van der Waals surface area contributed by atoms with Gasteiger partial charge in [-0.3, -0.25) is 13.9 Å². The van der Waals surface area contributed by atoms with Crippen LogP contribution in [-0.4, -0.2) is 58.5 Å². The molecule has 2 rings (SSSR count). The number of halogens is 1. The van der Waals surface area contributed by atoms with Crippen LogP contribution in [0.25, 0.3) is 0 Å². The predicted octanol–water partition coefficient (Wildman–Crippen LogP) is 0.165. The van der Waals surface area contributed by atoms with Crippen LogP contribution in [0.3, 0.4) is 0 Å². The number of nitrogens with one attached hydrogen (secondary N) is 2. The highest BCUT2D eigenvalue weighted by molar-refractivity contribution is 5.90. The lowest BCUT2D eigenvalue weighted by Gasteiger charge is -2.19.